The summed E-state index contributed by atoms with van der Waals surface area (Å²) in [6.45, 7) is 4.49. The molecule has 1 amide bonds. The van der Waals surface area contributed by atoms with Crippen LogP contribution in [0.3, 0.4) is 0 Å². The lowest BCUT2D eigenvalue weighted by Gasteiger charge is -2.32. The van der Waals surface area contributed by atoms with Crippen LogP contribution in [0.4, 0.5) is 0 Å². The van der Waals surface area contributed by atoms with E-state index in [4.69, 9.17) is 9.47 Å². The standard InChI is InChI=1S/C10H20N2O3/c1-8(14-3)9(11-2)10(13)12-4-6-15-7-5-12/h8-9,11H,4-7H2,1-3H3. The van der Waals surface area contributed by atoms with E-state index in [0.717, 1.165) is 0 Å². The van der Waals surface area contributed by atoms with Gasteiger partial charge in [0.15, 0.2) is 0 Å². The first kappa shape index (κ1) is 12.4. The van der Waals surface area contributed by atoms with Crippen LogP contribution >= 0.6 is 0 Å². The Labute approximate surface area is 90.7 Å². The number of hydrogen-bond acceptors (Lipinski definition) is 4. The van der Waals surface area contributed by atoms with E-state index >= 15 is 0 Å². The second-order valence-electron chi connectivity index (χ2n) is 3.64. The Morgan fingerprint density at radius 3 is 2.53 bits per heavy atom. The fraction of sp³-hybridized carbons (Fsp3) is 0.900. The predicted molar refractivity (Wildman–Crippen MR) is 56.7 cm³/mol. The summed E-state index contributed by atoms with van der Waals surface area (Å²) in [4.78, 5) is 13.9. The highest BCUT2D eigenvalue weighted by molar-refractivity contribution is 5.82. The second-order valence-corrected chi connectivity index (χ2v) is 3.64. The third kappa shape index (κ3) is 3.15. The van der Waals surface area contributed by atoms with Crippen LogP contribution in [0.1, 0.15) is 6.92 Å². The molecule has 0 saturated carbocycles. The molecule has 5 nitrogen and oxygen atoms in total. The number of carbonyl (C=O) groups excluding carboxylic acids is 1. The summed E-state index contributed by atoms with van der Waals surface area (Å²) in [5.74, 6) is 0.0927. The number of likely N-dealkylation sites (N-methyl/N-ethyl adjacent to an activating group) is 1. The third-order valence-corrected chi connectivity index (χ3v) is 2.74. The summed E-state index contributed by atoms with van der Waals surface area (Å²) in [6, 6.07) is -0.270. The summed E-state index contributed by atoms with van der Waals surface area (Å²) in [7, 11) is 3.39. The molecule has 0 aromatic heterocycles. The maximum atomic E-state index is 12.1. The van der Waals surface area contributed by atoms with Crippen LogP contribution in [0, 0.1) is 0 Å². The van der Waals surface area contributed by atoms with Gasteiger partial charge in [-0.2, -0.15) is 0 Å². The Morgan fingerprint density at radius 2 is 2.07 bits per heavy atom. The molecule has 1 heterocycles. The minimum Gasteiger partial charge on any atom is -0.380 e. The molecule has 2 atom stereocenters. The van der Waals surface area contributed by atoms with E-state index in [1.165, 1.54) is 0 Å². The average molecular weight is 216 g/mol. The summed E-state index contributed by atoms with van der Waals surface area (Å²) in [5, 5.41) is 2.99. The average Bonchev–Trinajstić information content (AvgIpc) is 2.30. The number of rotatable bonds is 4. The minimum atomic E-state index is -0.270. The van der Waals surface area contributed by atoms with Crippen molar-refractivity contribution in [1.29, 1.82) is 0 Å². The number of morpholine rings is 1. The van der Waals surface area contributed by atoms with Crippen LogP contribution in [0.5, 0.6) is 0 Å². The normalized spacial score (nSPS) is 21.1. The molecule has 2 unspecified atom stereocenters. The molecule has 1 aliphatic heterocycles. The minimum absolute atomic E-state index is 0.0927. The van der Waals surface area contributed by atoms with Crippen molar-refractivity contribution in [3.63, 3.8) is 0 Å². The van der Waals surface area contributed by atoms with E-state index in [9.17, 15) is 4.79 Å². The van der Waals surface area contributed by atoms with Crippen molar-refractivity contribution in [2.24, 2.45) is 0 Å². The van der Waals surface area contributed by atoms with Gasteiger partial charge >= 0.3 is 0 Å². The fourth-order valence-corrected chi connectivity index (χ4v) is 1.68. The van der Waals surface area contributed by atoms with E-state index < -0.39 is 0 Å². The molecule has 5 heteroatoms. The molecule has 0 bridgehead atoms. The van der Waals surface area contributed by atoms with Crippen LogP contribution in [0.25, 0.3) is 0 Å². The maximum absolute atomic E-state index is 12.1. The van der Waals surface area contributed by atoms with Crippen molar-refractivity contribution in [2.75, 3.05) is 40.5 Å². The highest BCUT2D eigenvalue weighted by Crippen LogP contribution is 2.05. The predicted octanol–water partition coefficient (Wildman–Crippen LogP) is -0.532. The third-order valence-electron chi connectivity index (χ3n) is 2.74. The zero-order chi connectivity index (χ0) is 11.3. The van der Waals surface area contributed by atoms with E-state index in [2.05, 4.69) is 5.32 Å². The highest BCUT2D eigenvalue weighted by atomic mass is 16.5. The molecule has 1 N–H and O–H groups in total. The quantitative estimate of drug-likeness (QED) is 0.686. The second kappa shape index (κ2) is 6.05. The van der Waals surface area contributed by atoms with Crippen molar-refractivity contribution in [1.82, 2.24) is 10.2 Å². The Hall–Kier alpha value is -0.650. The largest absolute Gasteiger partial charge is 0.380 e. The van der Waals surface area contributed by atoms with Gasteiger partial charge in [-0.05, 0) is 14.0 Å². The zero-order valence-corrected chi connectivity index (χ0v) is 9.66. The smallest absolute Gasteiger partial charge is 0.242 e. The lowest BCUT2D eigenvalue weighted by atomic mass is 10.1. The van der Waals surface area contributed by atoms with Gasteiger partial charge in [0.25, 0.3) is 0 Å². The number of methoxy groups -OCH3 is 1. The van der Waals surface area contributed by atoms with Crippen molar-refractivity contribution >= 4 is 5.91 Å². The van der Waals surface area contributed by atoms with Crippen LogP contribution in [0.15, 0.2) is 0 Å². The lowest BCUT2D eigenvalue weighted by molar-refractivity contribution is -0.140. The van der Waals surface area contributed by atoms with Gasteiger partial charge in [0, 0.05) is 20.2 Å². The number of ether oxygens (including phenoxy) is 2. The Bertz CT molecular complexity index is 205. The molecule has 0 aliphatic carbocycles. The van der Waals surface area contributed by atoms with Gasteiger partial charge in [-0.3, -0.25) is 4.79 Å². The van der Waals surface area contributed by atoms with E-state index in [0.29, 0.717) is 26.3 Å². The van der Waals surface area contributed by atoms with Crippen LogP contribution in [-0.4, -0.2) is 63.4 Å². The van der Waals surface area contributed by atoms with Gasteiger partial charge in [0.2, 0.25) is 5.91 Å². The molecule has 15 heavy (non-hydrogen) atoms. The molecule has 1 saturated heterocycles. The van der Waals surface area contributed by atoms with Crippen LogP contribution < -0.4 is 5.32 Å². The number of hydrogen-bond donors (Lipinski definition) is 1. The molecule has 0 aromatic carbocycles. The number of nitrogens with one attached hydrogen (secondary N) is 1. The summed E-state index contributed by atoms with van der Waals surface area (Å²) >= 11 is 0. The maximum Gasteiger partial charge on any atom is 0.242 e. The van der Waals surface area contributed by atoms with Gasteiger partial charge < -0.3 is 19.7 Å². The van der Waals surface area contributed by atoms with Crippen molar-refractivity contribution in [3.8, 4) is 0 Å². The van der Waals surface area contributed by atoms with Crippen LogP contribution in [-0.2, 0) is 14.3 Å². The first-order valence-electron chi connectivity index (χ1n) is 5.27. The fourth-order valence-electron chi connectivity index (χ4n) is 1.68. The monoisotopic (exact) mass is 216 g/mol. The molecular formula is C10H20N2O3. The molecule has 0 radical (unpaired) electrons. The summed E-state index contributed by atoms with van der Waals surface area (Å²) in [6.07, 6.45) is -0.120. The molecule has 1 aliphatic rings. The SMILES string of the molecule is CNC(C(=O)N1CCOCC1)C(C)OC. The van der Waals surface area contributed by atoms with Gasteiger partial charge in [-0.1, -0.05) is 0 Å². The van der Waals surface area contributed by atoms with Gasteiger partial charge in [0.05, 0.1) is 19.3 Å². The number of amides is 1. The molecule has 1 fully saturated rings. The highest BCUT2D eigenvalue weighted by Gasteiger charge is 2.28. The van der Waals surface area contributed by atoms with E-state index in [-0.39, 0.29) is 18.1 Å². The Kier molecular flexibility index (Phi) is 5.01. The zero-order valence-electron chi connectivity index (χ0n) is 9.66. The van der Waals surface area contributed by atoms with E-state index in [1.54, 1.807) is 14.2 Å². The Balaban J connectivity index is 2.54. The summed E-state index contributed by atoms with van der Waals surface area (Å²) < 4.78 is 10.4. The molecule has 88 valence electrons. The van der Waals surface area contributed by atoms with Gasteiger partial charge in [0.1, 0.15) is 6.04 Å². The first-order valence-corrected chi connectivity index (χ1v) is 5.27. The first-order chi connectivity index (χ1) is 7.20. The van der Waals surface area contributed by atoms with Gasteiger partial charge in [-0.15, -0.1) is 0 Å². The Morgan fingerprint density at radius 1 is 1.47 bits per heavy atom. The topological polar surface area (TPSA) is 50.8 Å². The molecule has 1 rings (SSSR count). The molecule has 0 spiro atoms. The number of nitrogens with zero attached hydrogens (tertiary/aromatic N) is 1. The molecule has 0 aromatic rings. The van der Waals surface area contributed by atoms with Crippen molar-refractivity contribution in [2.45, 2.75) is 19.1 Å². The number of carbonyl (C=O) groups is 1. The van der Waals surface area contributed by atoms with Crippen molar-refractivity contribution < 1.29 is 14.3 Å². The summed E-state index contributed by atoms with van der Waals surface area (Å²) in [5.41, 5.74) is 0. The van der Waals surface area contributed by atoms with Crippen LogP contribution in [0.2, 0.25) is 0 Å². The van der Waals surface area contributed by atoms with Crippen molar-refractivity contribution in [3.05, 3.63) is 0 Å². The van der Waals surface area contributed by atoms with E-state index in [1.807, 2.05) is 11.8 Å². The van der Waals surface area contributed by atoms with Gasteiger partial charge in [-0.25, -0.2) is 0 Å². The lowest BCUT2D eigenvalue weighted by Crippen LogP contribution is -2.53. The molecular weight excluding hydrogens is 196 g/mol.